The molecule has 260 valence electrons. The number of nitrogen functional groups attached to an aromatic ring is 1. The number of hydrogen-bond acceptors (Lipinski definition) is 7. The lowest BCUT2D eigenvalue weighted by atomic mass is 9.81. The van der Waals surface area contributed by atoms with Crippen molar-refractivity contribution in [3.63, 3.8) is 0 Å². The number of Topliss-reactive ketones (excluding diaryl/α,β-unsaturated/α-hetero) is 1. The molecule has 49 heavy (non-hydrogen) atoms. The van der Waals surface area contributed by atoms with Gasteiger partial charge in [0.2, 0.25) is 10.0 Å². The Morgan fingerprint density at radius 3 is 1.90 bits per heavy atom. The van der Waals surface area contributed by atoms with Crippen LogP contribution in [0.3, 0.4) is 0 Å². The first-order chi connectivity index (χ1) is 23.5. The maximum Gasteiger partial charge on any atom is 0.407 e. The van der Waals surface area contributed by atoms with Gasteiger partial charge in [-0.3, -0.25) is 4.79 Å². The van der Waals surface area contributed by atoms with E-state index in [1.165, 1.54) is 23.5 Å². The van der Waals surface area contributed by atoms with Crippen LogP contribution in [0.25, 0.3) is 0 Å². The number of hydrogen-bond donors (Lipinski definition) is 3. The van der Waals surface area contributed by atoms with Crippen molar-refractivity contribution in [3.05, 3.63) is 131 Å². The van der Waals surface area contributed by atoms with Gasteiger partial charge in [0.15, 0.2) is 5.78 Å². The first-order valence-electron chi connectivity index (χ1n) is 16.6. The summed E-state index contributed by atoms with van der Waals surface area (Å²) in [5.41, 5.74) is 9.63. The third-order valence-electron chi connectivity index (χ3n) is 8.72. The Hall–Kier alpha value is -4.51. The highest BCUT2D eigenvalue weighted by Gasteiger charge is 2.34. The Morgan fingerprint density at radius 1 is 0.816 bits per heavy atom. The second-order valence-electron chi connectivity index (χ2n) is 12.6. The smallest absolute Gasteiger partial charge is 0.407 e. The monoisotopic (exact) mass is 685 g/mol. The van der Waals surface area contributed by atoms with Crippen molar-refractivity contribution < 1.29 is 27.9 Å². The number of aliphatic hydroxyl groups excluding tert-OH is 1. The third-order valence-corrected chi connectivity index (χ3v) is 10.7. The average Bonchev–Trinajstić information content (AvgIpc) is 3.10. The fraction of sp³-hybridized carbons (Fsp3) is 0.333. The van der Waals surface area contributed by atoms with E-state index in [1.54, 1.807) is 12.1 Å². The number of ketones is 1. The van der Waals surface area contributed by atoms with E-state index in [1.807, 2.05) is 98.8 Å². The summed E-state index contributed by atoms with van der Waals surface area (Å²) in [7, 11) is -2.67. The van der Waals surface area contributed by atoms with Crippen LogP contribution < -0.4 is 11.1 Å². The number of amides is 1. The molecular weight excluding hydrogens is 639 g/mol. The van der Waals surface area contributed by atoms with Gasteiger partial charge in [0, 0.05) is 30.6 Å². The molecule has 0 spiro atoms. The average molecular weight is 686 g/mol. The summed E-state index contributed by atoms with van der Waals surface area (Å²) in [4.78, 5) is 27.0. The molecule has 1 amide bonds. The molecule has 0 radical (unpaired) electrons. The fourth-order valence-electron chi connectivity index (χ4n) is 6.01. The molecule has 0 aromatic heterocycles. The van der Waals surface area contributed by atoms with Gasteiger partial charge < -0.3 is 20.9 Å². The van der Waals surface area contributed by atoms with E-state index in [0.717, 1.165) is 22.3 Å². The number of benzene rings is 4. The number of aliphatic hydroxyl groups is 1. The lowest BCUT2D eigenvalue weighted by Gasteiger charge is -2.31. The van der Waals surface area contributed by atoms with Crippen LogP contribution in [0.1, 0.15) is 54.9 Å². The predicted octanol–water partition coefficient (Wildman–Crippen LogP) is 5.97. The van der Waals surface area contributed by atoms with Crippen LogP contribution in [-0.4, -0.2) is 62.1 Å². The van der Waals surface area contributed by atoms with Crippen molar-refractivity contribution in [1.29, 1.82) is 0 Å². The van der Waals surface area contributed by atoms with Crippen LogP contribution >= 0.6 is 0 Å². The summed E-state index contributed by atoms with van der Waals surface area (Å²) in [6.07, 6.45) is 0.673. The number of nitrogens with two attached hydrogens (primary N) is 1. The minimum atomic E-state index is -3.93. The summed E-state index contributed by atoms with van der Waals surface area (Å²) in [5, 5.41) is 13.3. The molecule has 4 aromatic carbocycles. The maximum absolute atomic E-state index is 14.3. The Labute approximate surface area is 290 Å². The lowest BCUT2D eigenvalue weighted by molar-refractivity contribution is -0.120. The van der Waals surface area contributed by atoms with Crippen LogP contribution in [0, 0.1) is 5.92 Å². The maximum atomic E-state index is 14.3. The van der Waals surface area contributed by atoms with Crippen LogP contribution in [0.4, 0.5) is 10.5 Å². The standard InChI is InChI=1S/C39H47N3O6S/c1-28(2)24-25-42(49(46,47)35-22-19-33(40)20-23-35)34(27-43)21-18-29-12-10-11-17-32(29)26-36(44)38(41-39(45)48-3)37(30-13-6-4-7-14-30)31-15-8-5-9-16-31/h4-17,19-20,22-23,28,34,37-38,43H,18,21,24-27,40H2,1-3H3,(H,41,45)/t34-,38+/m0/s1. The third kappa shape index (κ3) is 10.0. The molecule has 0 unspecified atom stereocenters. The van der Waals surface area contributed by atoms with Crippen molar-refractivity contribution in [2.75, 3.05) is 26.0 Å². The molecule has 2 atom stereocenters. The molecule has 0 saturated carbocycles. The van der Waals surface area contributed by atoms with Gasteiger partial charge in [0.25, 0.3) is 0 Å². The number of rotatable bonds is 17. The number of methoxy groups -OCH3 is 1. The van der Waals surface area contributed by atoms with E-state index in [0.29, 0.717) is 24.9 Å². The number of carbonyl (C=O) groups excluding carboxylic acids is 2. The highest BCUT2D eigenvalue weighted by atomic mass is 32.2. The molecule has 0 bridgehead atoms. The summed E-state index contributed by atoms with van der Waals surface area (Å²) in [5.74, 6) is -0.441. The molecule has 4 rings (SSSR count). The lowest BCUT2D eigenvalue weighted by Crippen LogP contribution is -2.46. The number of anilines is 1. The van der Waals surface area contributed by atoms with Crippen molar-refractivity contribution in [3.8, 4) is 0 Å². The van der Waals surface area contributed by atoms with Crippen LogP contribution in [-0.2, 0) is 32.4 Å². The summed E-state index contributed by atoms with van der Waals surface area (Å²) in [6, 6.07) is 31.1. The van der Waals surface area contributed by atoms with E-state index in [9.17, 15) is 23.1 Å². The summed E-state index contributed by atoms with van der Waals surface area (Å²) in [6.45, 7) is 3.93. The number of alkyl carbamates (subject to hydrolysis) is 1. The molecule has 0 aliphatic heterocycles. The molecule has 0 fully saturated rings. The van der Waals surface area contributed by atoms with E-state index in [4.69, 9.17) is 10.5 Å². The first-order valence-corrected chi connectivity index (χ1v) is 18.0. The molecule has 9 nitrogen and oxygen atoms in total. The Bertz CT molecular complexity index is 1710. The van der Waals surface area contributed by atoms with Gasteiger partial charge >= 0.3 is 6.09 Å². The predicted molar refractivity (Wildman–Crippen MR) is 193 cm³/mol. The number of nitrogens with one attached hydrogen (secondary N) is 1. The number of carbonyl (C=O) groups is 2. The minimum absolute atomic E-state index is 0.0194. The number of aryl methyl sites for hydroxylation is 1. The molecule has 10 heteroatoms. The Kier molecular flexibility index (Phi) is 13.5. The highest BCUT2D eigenvalue weighted by Crippen LogP contribution is 2.30. The molecule has 0 aliphatic carbocycles. The minimum Gasteiger partial charge on any atom is -0.453 e. The molecule has 0 aliphatic rings. The summed E-state index contributed by atoms with van der Waals surface area (Å²) < 4.78 is 34.0. The fourth-order valence-corrected chi connectivity index (χ4v) is 7.67. The molecular formula is C39H47N3O6S. The van der Waals surface area contributed by atoms with Gasteiger partial charge in [-0.15, -0.1) is 0 Å². The quantitative estimate of drug-likeness (QED) is 0.117. The van der Waals surface area contributed by atoms with E-state index >= 15 is 0 Å². The van der Waals surface area contributed by atoms with E-state index in [-0.39, 0.29) is 36.2 Å². The molecule has 0 saturated heterocycles. The Morgan fingerprint density at radius 2 is 1.37 bits per heavy atom. The van der Waals surface area contributed by atoms with Crippen molar-refractivity contribution in [1.82, 2.24) is 9.62 Å². The van der Waals surface area contributed by atoms with Crippen molar-refractivity contribution in [2.45, 2.75) is 62.4 Å². The van der Waals surface area contributed by atoms with Crippen molar-refractivity contribution >= 4 is 27.6 Å². The Balaban J connectivity index is 1.62. The first kappa shape index (κ1) is 37.3. The zero-order chi connectivity index (χ0) is 35.4. The van der Waals surface area contributed by atoms with Gasteiger partial charge in [0.05, 0.1) is 18.6 Å². The van der Waals surface area contributed by atoms with E-state index < -0.39 is 34.1 Å². The molecule has 4 aromatic rings. The molecule has 4 N–H and O–H groups in total. The number of sulfonamides is 1. The van der Waals surface area contributed by atoms with Crippen LogP contribution in [0.5, 0.6) is 0 Å². The van der Waals surface area contributed by atoms with Crippen LogP contribution in [0.15, 0.2) is 114 Å². The normalized spacial score (nSPS) is 13.0. The van der Waals surface area contributed by atoms with Gasteiger partial charge in [-0.05, 0) is 71.7 Å². The van der Waals surface area contributed by atoms with Gasteiger partial charge in [-0.1, -0.05) is 98.8 Å². The van der Waals surface area contributed by atoms with E-state index in [2.05, 4.69) is 5.32 Å². The second-order valence-corrected chi connectivity index (χ2v) is 14.5. The number of ether oxygens (including phenoxy) is 1. The zero-order valence-electron chi connectivity index (χ0n) is 28.4. The van der Waals surface area contributed by atoms with Gasteiger partial charge in [-0.25, -0.2) is 13.2 Å². The largest absolute Gasteiger partial charge is 0.453 e. The van der Waals surface area contributed by atoms with Gasteiger partial charge in [0.1, 0.15) is 6.04 Å². The number of nitrogens with zero attached hydrogens (tertiary/aromatic N) is 1. The van der Waals surface area contributed by atoms with Crippen molar-refractivity contribution in [2.24, 2.45) is 5.92 Å². The topological polar surface area (TPSA) is 139 Å². The SMILES string of the molecule is COC(=O)N[C@H](C(=O)Cc1ccccc1CC[C@@H](CO)N(CCC(C)C)S(=O)(=O)c1ccc(N)cc1)C(c1ccccc1)c1ccccc1. The molecule has 0 heterocycles. The van der Waals surface area contributed by atoms with Gasteiger partial charge in [-0.2, -0.15) is 4.31 Å². The zero-order valence-corrected chi connectivity index (χ0v) is 29.2. The summed E-state index contributed by atoms with van der Waals surface area (Å²) >= 11 is 0. The van der Waals surface area contributed by atoms with Crippen LogP contribution in [0.2, 0.25) is 0 Å². The second kappa shape index (κ2) is 17.8. The highest BCUT2D eigenvalue weighted by molar-refractivity contribution is 7.89.